The summed E-state index contributed by atoms with van der Waals surface area (Å²) >= 11 is 1.67. The van der Waals surface area contributed by atoms with Crippen LogP contribution in [0.4, 0.5) is 0 Å². The van der Waals surface area contributed by atoms with Crippen molar-refractivity contribution in [1.82, 2.24) is 4.98 Å². The lowest BCUT2D eigenvalue weighted by molar-refractivity contribution is -0.151. The SMILES string of the molecule is Cc1nc2cc(C3CC4OC4(C)CCCC(C)CCC(=O)C(C)(C)CCC(=O)O3)ccc2s1. The molecule has 0 saturated carbocycles. The molecule has 4 rings (SSSR count). The summed E-state index contributed by atoms with van der Waals surface area (Å²) in [5, 5.41) is 1.02. The van der Waals surface area contributed by atoms with Crippen molar-refractivity contribution in [3.63, 3.8) is 0 Å². The molecule has 6 heteroatoms. The van der Waals surface area contributed by atoms with Crippen molar-refractivity contribution in [2.24, 2.45) is 11.3 Å². The fourth-order valence-corrected chi connectivity index (χ4v) is 5.76. The van der Waals surface area contributed by atoms with Gasteiger partial charge in [0, 0.05) is 24.7 Å². The van der Waals surface area contributed by atoms with Gasteiger partial charge in [0.05, 0.1) is 26.9 Å². The van der Waals surface area contributed by atoms with Crippen molar-refractivity contribution in [2.75, 3.05) is 0 Å². The first kappa shape index (κ1) is 24.3. The molecule has 0 amide bonds. The maximum atomic E-state index is 12.9. The number of aromatic nitrogens is 1. The van der Waals surface area contributed by atoms with Crippen molar-refractivity contribution in [3.8, 4) is 0 Å². The fourth-order valence-electron chi connectivity index (χ4n) is 4.95. The van der Waals surface area contributed by atoms with Gasteiger partial charge in [0.15, 0.2) is 0 Å². The van der Waals surface area contributed by atoms with E-state index < -0.39 is 5.41 Å². The highest BCUT2D eigenvalue weighted by molar-refractivity contribution is 7.18. The summed E-state index contributed by atoms with van der Waals surface area (Å²) in [7, 11) is 0. The van der Waals surface area contributed by atoms with Crippen LogP contribution in [0.3, 0.4) is 0 Å². The Morgan fingerprint density at radius 3 is 2.67 bits per heavy atom. The summed E-state index contributed by atoms with van der Waals surface area (Å²) in [5.74, 6) is 0.510. The molecule has 1 aromatic heterocycles. The summed E-state index contributed by atoms with van der Waals surface area (Å²) in [5.41, 5.74) is 1.24. The predicted molar refractivity (Wildman–Crippen MR) is 131 cm³/mol. The van der Waals surface area contributed by atoms with Crippen LogP contribution in [-0.4, -0.2) is 28.4 Å². The van der Waals surface area contributed by atoms with Crippen molar-refractivity contribution in [2.45, 2.75) is 104 Å². The molecule has 1 aromatic carbocycles. The highest BCUT2D eigenvalue weighted by atomic mass is 32.1. The second-order valence-corrected chi connectivity index (χ2v) is 12.2. The third-order valence-corrected chi connectivity index (χ3v) is 8.52. The number of ketones is 1. The average Bonchev–Trinajstić information content (AvgIpc) is 3.21. The zero-order valence-corrected chi connectivity index (χ0v) is 21.4. The molecule has 0 bridgehead atoms. The van der Waals surface area contributed by atoms with Gasteiger partial charge in [-0.25, -0.2) is 4.98 Å². The number of aryl methyl sites for hydroxylation is 1. The maximum Gasteiger partial charge on any atom is 0.306 e. The molecule has 0 N–H and O–H groups in total. The zero-order chi connectivity index (χ0) is 23.8. The highest BCUT2D eigenvalue weighted by Crippen LogP contribution is 2.46. The first-order valence-electron chi connectivity index (χ1n) is 12.3. The molecule has 5 nitrogen and oxygen atoms in total. The van der Waals surface area contributed by atoms with Gasteiger partial charge in [-0.15, -0.1) is 11.3 Å². The molecular formula is C27H37NO4S. The third kappa shape index (κ3) is 5.83. The van der Waals surface area contributed by atoms with Crippen LogP contribution in [0.5, 0.6) is 0 Å². The lowest BCUT2D eigenvalue weighted by atomic mass is 9.80. The van der Waals surface area contributed by atoms with E-state index in [9.17, 15) is 9.59 Å². The molecule has 2 aromatic rings. The van der Waals surface area contributed by atoms with Gasteiger partial charge in [-0.3, -0.25) is 9.59 Å². The Balaban J connectivity index is 1.55. The summed E-state index contributed by atoms with van der Waals surface area (Å²) in [4.78, 5) is 30.3. The topological polar surface area (TPSA) is 68.8 Å². The molecule has 3 heterocycles. The Kier molecular flexibility index (Phi) is 6.97. The van der Waals surface area contributed by atoms with Crippen molar-refractivity contribution in [3.05, 3.63) is 28.8 Å². The van der Waals surface area contributed by atoms with Gasteiger partial charge in [-0.05, 0) is 56.7 Å². The summed E-state index contributed by atoms with van der Waals surface area (Å²) in [6, 6.07) is 6.16. The molecule has 2 fully saturated rings. The van der Waals surface area contributed by atoms with Crippen LogP contribution in [-0.2, 0) is 19.1 Å². The van der Waals surface area contributed by atoms with Crippen LogP contribution in [0, 0.1) is 18.3 Å². The van der Waals surface area contributed by atoms with E-state index in [0.29, 0.717) is 25.2 Å². The van der Waals surface area contributed by atoms with E-state index >= 15 is 0 Å². The normalized spacial score (nSPS) is 31.7. The van der Waals surface area contributed by atoms with Crippen molar-refractivity contribution in [1.29, 1.82) is 0 Å². The lowest BCUT2D eigenvalue weighted by Crippen LogP contribution is -2.26. The Bertz CT molecular complexity index is 1030. The average molecular weight is 472 g/mol. The van der Waals surface area contributed by atoms with E-state index in [-0.39, 0.29) is 36.0 Å². The number of hydrogen-bond acceptors (Lipinski definition) is 6. The number of hydrogen-bond donors (Lipinski definition) is 0. The van der Waals surface area contributed by atoms with Gasteiger partial charge in [0.25, 0.3) is 0 Å². The van der Waals surface area contributed by atoms with Crippen LogP contribution in [0.2, 0.25) is 0 Å². The molecule has 0 spiro atoms. The number of thiazole rings is 1. The number of rotatable bonds is 1. The number of ether oxygens (including phenoxy) is 2. The standard InChI is InChI=1S/C27H37NO4S/c1-17-7-6-13-27(5)24(32-27)16-21(19-9-10-22-20(15-19)28-18(2)33-22)31-25(30)12-14-26(3,4)23(29)11-8-17/h9-10,15,17,21,24H,6-8,11-14,16H2,1-5H3. The van der Waals surface area contributed by atoms with Crippen LogP contribution < -0.4 is 0 Å². The van der Waals surface area contributed by atoms with E-state index in [1.807, 2.05) is 32.9 Å². The minimum Gasteiger partial charge on any atom is -0.457 e. The Hall–Kier alpha value is -1.79. The first-order valence-corrected chi connectivity index (χ1v) is 13.1. The minimum atomic E-state index is -0.513. The van der Waals surface area contributed by atoms with E-state index in [4.69, 9.17) is 9.47 Å². The van der Waals surface area contributed by atoms with E-state index in [0.717, 1.165) is 46.5 Å². The van der Waals surface area contributed by atoms with Crippen LogP contribution >= 0.6 is 11.3 Å². The fraction of sp³-hybridized carbons (Fsp3) is 0.667. The Morgan fingerprint density at radius 2 is 1.88 bits per heavy atom. The number of cyclic esters (lactones) is 1. The number of carbonyl (C=O) groups is 2. The molecule has 180 valence electrons. The van der Waals surface area contributed by atoms with Gasteiger partial charge in [0.2, 0.25) is 0 Å². The second kappa shape index (κ2) is 9.46. The maximum absolute atomic E-state index is 12.9. The van der Waals surface area contributed by atoms with Crippen LogP contribution in [0.15, 0.2) is 18.2 Å². The number of benzene rings is 1. The monoisotopic (exact) mass is 471 g/mol. The number of Topliss-reactive ketones (excluding diaryl/α,β-unsaturated/α-hetero) is 1. The highest BCUT2D eigenvalue weighted by Gasteiger charge is 2.52. The van der Waals surface area contributed by atoms with Crippen molar-refractivity contribution < 1.29 is 19.1 Å². The Morgan fingerprint density at radius 1 is 1.09 bits per heavy atom. The molecule has 0 aliphatic carbocycles. The van der Waals surface area contributed by atoms with Gasteiger partial charge in [-0.1, -0.05) is 39.7 Å². The molecule has 4 unspecified atom stereocenters. The summed E-state index contributed by atoms with van der Waals surface area (Å²) in [6.07, 6.45) is 5.79. The second-order valence-electron chi connectivity index (χ2n) is 10.9. The quantitative estimate of drug-likeness (QED) is 0.341. The number of carbonyl (C=O) groups excluding carboxylic acids is 2. The summed E-state index contributed by atoms with van der Waals surface area (Å²) in [6.45, 7) is 10.3. The van der Waals surface area contributed by atoms with E-state index in [1.54, 1.807) is 11.3 Å². The number of fused-ring (bicyclic) bond motifs is 2. The smallest absolute Gasteiger partial charge is 0.306 e. The molecule has 2 aliphatic rings. The Labute approximate surface area is 201 Å². The number of epoxide rings is 1. The predicted octanol–water partition coefficient (Wildman–Crippen LogP) is 6.71. The third-order valence-electron chi connectivity index (χ3n) is 7.57. The molecular weight excluding hydrogens is 434 g/mol. The molecule has 2 aliphatic heterocycles. The molecule has 4 atom stereocenters. The van der Waals surface area contributed by atoms with Gasteiger partial charge in [-0.2, -0.15) is 0 Å². The van der Waals surface area contributed by atoms with Crippen LogP contribution in [0.1, 0.15) is 95.7 Å². The van der Waals surface area contributed by atoms with Crippen LogP contribution in [0.25, 0.3) is 10.2 Å². The van der Waals surface area contributed by atoms with Gasteiger partial charge >= 0.3 is 5.97 Å². The van der Waals surface area contributed by atoms with Crippen molar-refractivity contribution >= 4 is 33.3 Å². The first-order chi connectivity index (χ1) is 15.6. The molecule has 0 radical (unpaired) electrons. The van der Waals surface area contributed by atoms with Gasteiger partial charge in [0.1, 0.15) is 11.9 Å². The number of esters is 1. The van der Waals surface area contributed by atoms with Gasteiger partial charge < -0.3 is 9.47 Å². The minimum absolute atomic E-state index is 0.0874. The molecule has 2 saturated heterocycles. The number of nitrogens with zero attached hydrogens (tertiary/aromatic N) is 1. The zero-order valence-electron chi connectivity index (χ0n) is 20.6. The lowest BCUT2D eigenvalue weighted by Gasteiger charge is -2.25. The van der Waals surface area contributed by atoms with E-state index in [1.165, 1.54) is 0 Å². The largest absolute Gasteiger partial charge is 0.457 e. The molecule has 33 heavy (non-hydrogen) atoms. The van der Waals surface area contributed by atoms with E-state index in [2.05, 4.69) is 24.9 Å². The summed E-state index contributed by atoms with van der Waals surface area (Å²) < 4.78 is 13.3.